The fourth-order valence-corrected chi connectivity index (χ4v) is 2.77. The first-order valence-corrected chi connectivity index (χ1v) is 6.48. The second kappa shape index (κ2) is 4.06. The highest BCUT2D eigenvalue weighted by atomic mass is 32.2. The lowest BCUT2D eigenvalue weighted by atomic mass is 10.1. The number of nitrogens with zero attached hydrogens (tertiary/aromatic N) is 2. The van der Waals surface area contributed by atoms with Gasteiger partial charge in [-0.05, 0) is 17.7 Å². The summed E-state index contributed by atoms with van der Waals surface area (Å²) in [7, 11) is 1.83. The zero-order valence-electron chi connectivity index (χ0n) is 9.80. The minimum absolute atomic E-state index is 0.0313. The fraction of sp³-hybridized carbons (Fsp3) is 0.167. The molecule has 92 valence electrons. The number of nitrogen functional groups attached to an aromatic ring is 1. The number of aryl methyl sites for hydroxylation is 1. The molecule has 18 heavy (non-hydrogen) atoms. The van der Waals surface area contributed by atoms with E-state index in [0.717, 1.165) is 21.7 Å². The minimum Gasteiger partial charge on any atom is -0.382 e. The van der Waals surface area contributed by atoms with E-state index >= 15 is 0 Å². The van der Waals surface area contributed by atoms with Gasteiger partial charge in [-0.1, -0.05) is 6.07 Å². The van der Waals surface area contributed by atoms with Gasteiger partial charge < -0.3 is 11.1 Å². The van der Waals surface area contributed by atoms with Gasteiger partial charge in [0.2, 0.25) is 5.91 Å². The summed E-state index contributed by atoms with van der Waals surface area (Å²) < 4.78 is 1.68. The molecular formula is C12H12N4OS. The largest absolute Gasteiger partial charge is 0.382 e. The summed E-state index contributed by atoms with van der Waals surface area (Å²) in [5.41, 5.74) is 8.54. The summed E-state index contributed by atoms with van der Waals surface area (Å²) in [5, 5.41) is 6.98. The van der Waals surface area contributed by atoms with E-state index in [-0.39, 0.29) is 5.91 Å². The molecule has 1 aliphatic heterocycles. The molecule has 0 saturated carbocycles. The SMILES string of the molecule is Cn1cc(-c2ccc3c(c2)NC(=O)CS3)c(N)n1. The first-order valence-electron chi connectivity index (χ1n) is 5.49. The Morgan fingerprint density at radius 1 is 1.50 bits per heavy atom. The van der Waals surface area contributed by atoms with Crippen molar-refractivity contribution in [3.8, 4) is 11.1 Å². The van der Waals surface area contributed by atoms with Crippen LogP contribution in [-0.2, 0) is 11.8 Å². The number of thioether (sulfide) groups is 1. The molecule has 1 aromatic carbocycles. The van der Waals surface area contributed by atoms with Crippen molar-refractivity contribution in [2.75, 3.05) is 16.8 Å². The van der Waals surface area contributed by atoms with Crippen LogP contribution in [0.15, 0.2) is 29.3 Å². The number of nitrogens with two attached hydrogens (primary N) is 1. The number of nitrogens with one attached hydrogen (secondary N) is 1. The predicted molar refractivity (Wildman–Crippen MR) is 72.4 cm³/mol. The monoisotopic (exact) mass is 260 g/mol. The Bertz CT molecular complexity index is 635. The van der Waals surface area contributed by atoms with E-state index in [1.807, 2.05) is 31.4 Å². The molecule has 3 N–H and O–H groups in total. The maximum absolute atomic E-state index is 11.4. The molecule has 0 bridgehead atoms. The number of carbonyl (C=O) groups excluding carboxylic acids is 1. The molecule has 0 unspecified atom stereocenters. The van der Waals surface area contributed by atoms with Crippen LogP contribution in [0, 0.1) is 0 Å². The van der Waals surface area contributed by atoms with Crippen LogP contribution in [0.2, 0.25) is 0 Å². The van der Waals surface area contributed by atoms with Gasteiger partial charge in [0.25, 0.3) is 0 Å². The van der Waals surface area contributed by atoms with Gasteiger partial charge in [-0.25, -0.2) is 0 Å². The topological polar surface area (TPSA) is 72.9 Å². The average molecular weight is 260 g/mol. The Kier molecular flexibility index (Phi) is 2.52. The lowest BCUT2D eigenvalue weighted by molar-refractivity contribution is -0.113. The third kappa shape index (κ3) is 1.84. The number of benzene rings is 1. The van der Waals surface area contributed by atoms with E-state index in [4.69, 9.17) is 5.73 Å². The van der Waals surface area contributed by atoms with E-state index in [0.29, 0.717) is 11.6 Å². The van der Waals surface area contributed by atoms with Crippen molar-refractivity contribution in [3.63, 3.8) is 0 Å². The van der Waals surface area contributed by atoms with E-state index < -0.39 is 0 Å². The molecule has 0 atom stereocenters. The maximum Gasteiger partial charge on any atom is 0.234 e. The standard InChI is InChI=1S/C12H12N4OS/c1-16-5-8(12(13)15-16)7-2-3-10-9(4-7)14-11(17)6-18-10/h2-5H,6H2,1H3,(H2,13,15)(H,14,17). The van der Waals surface area contributed by atoms with Gasteiger partial charge in [-0.2, -0.15) is 5.10 Å². The predicted octanol–water partition coefficient (Wildman–Crippen LogP) is 1.71. The minimum atomic E-state index is 0.0313. The van der Waals surface area contributed by atoms with Gasteiger partial charge in [0.15, 0.2) is 5.82 Å². The summed E-state index contributed by atoms with van der Waals surface area (Å²) >= 11 is 1.55. The van der Waals surface area contributed by atoms with E-state index in [2.05, 4.69) is 10.4 Å². The van der Waals surface area contributed by atoms with Crippen LogP contribution in [0.5, 0.6) is 0 Å². The van der Waals surface area contributed by atoms with E-state index in [1.165, 1.54) is 0 Å². The molecule has 1 aromatic heterocycles. The highest BCUT2D eigenvalue weighted by Gasteiger charge is 2.16. The lowest BCUT2D eigenvalue weighted by Crippen LogP contribution is -2.18. The normalized spacial score (nSPS) is 14.2. The summed E-state index contributed by atoms with van der Waals surface area (Å²) in [6, 6.07) is 5.94. The Hall–Kier alpha value is -1.95. The quantitative estimate of drug-likeness (QED) is 0.818. The van der Waals surface area contributed by atoms with E-state index in [9.17, 15) is 4.79 Å². The summed E-state index contributed by atoms with van der Waals surface area (Å²) in [6.45, 7) is 0. The van der Waals surface area contributed by atoms with Crippen molar-refractivity contribution in [3.05, 3.63) is 24.4 Å². The summed E-state index contributed by atoms with van der Waals surface area (Å²) in [5.74, 6) is 0.998. The Morgan fingerprint density at radius 3 is 3.06 bits per heavy atom. The molecule has 2 aromatic rings. The number of rotatable bonds is 1. The number of aromatic nitrogens is 2. The Labute approximate surface area is 108 Å². The van der Waals surface area contributed by atoms with Crippen molar-refractivity contribution < 1.29 is 4.79 Å². The maximum atomic E-state index is 11.4. The number of carbonyl (C=O) groups is 1. The molecule has 0 fully saturated rings. The third-order valence-corrected chi connectivity index (χ3v) is 3.85. The second-order valence-corrected chi connectivity index (χ2v) is 5.17. The number of anilines is 2. The number of fused-ring (bicyclic) bond motifs is 1. The second-order valence-electron chi connectivity index (χ2n) is 4.15. The molecule has 0 saturated heterocycles. The van der Waals surface area contributed by atoms with Gasteiger partial charge in [0, 0.05) is 23.7 Å². The van der Waals surface area contributed by atoms with Crippen molar-refractivity contribution in [2.45, 2.75) is 4.90 Å². The molecule has 0 spiro atoms. The molecule has 1 aliphatic rings. The first kappa shape index (κ1) is 11.2. The molecule has 0 aliphatic carbocycles. The van der Waals surface area contributed by atoms with Crippen molar-refractivity contribution in [1.82, 2.24) is 9.78 Å². The lowest BCUT2D eigenvalue weighted by Gasteiger charge is -2.16. The zero-order chi connectivity index (χ0) is 12.7. The zero-order valence-corrected chi connectivity index (χ0v) is 10.6. The average Bonchev–Trinajstić information content (AvgIpc) is 2.67. The Balaban J connectivity index is 2.07. The fourth-order valence-electron chi connectivity index (χ4n) is 1.98. The van der Waals surface area contributed by atoms with Gasteiger partial charge in [0.05, 0.1) is 11.4 Å². The van der Waals surface area contributed by atoms with E-state index in [1.54, 1.807) is 16.4 Å². The van der Waals surface area contributed by atoms with Crippen molar-refractivity contribution >= 4 is 29.2 Å². The van der Waals surface area contributed by atoms with Crippen LogP contribution >= 0.6 is 11.8 Å². The molecule has 2 heterocycles. The number of amides is 1. The van der Waals surface area contributed by atoms with Crippen LogP contribution in [0.1, 0.15) is 0 Å². The van der Waals surface area contributed by atoms with Crippen LogP contribution in [0.4, 0.5) is 11.5 Å². The van der Waals surface area contributed by atoms with Gasteiger partial charge in [0.1, 0.15) is 0 Å². The molecule has 1 amide bonds. The van der Waals surface area contributed by atoms with Gasteiger partial charge >= 0.3 is 0 Å². The highest BCUT2D eigenvalue weighted by molar-refractivity contribution is 8.00. The van der Waals surface area contributed by atoms with Crippen LogP contribution < -0.4 is 11.1 Å². The molecular weight excluding hydrogens is 248 g/mol. The van der Waals surface area contributed by atoms with Gasteiger partial charge in [-0.15, -0.1) is 11.8 Å². The van der Waals surface area contributed by atoms with Gasteiger partial charge in [-0.3, -0.25) is 9.48 Å². The van der Waals surface area contributed by atoms with Crippen molar-refractivity contribution in [2.24, 2.45) is 7.05 Å². The third-order valence-electron chi connectivity index (χ3n) is 2.78. The highest BCUT2D eigenvalue weighted by Crippen LogP contribution is 2.35. The Morgan fingerprint density at radius 2 is 2.33 bits per heavy atom. The van der Waals surface area contributed by atoms with Crippen molar-refractivity contribution in [1.29, 1.82) is 0 Å². The molecule has 3 rings (SSSR count). The first-order chi connectivity index (χ1) is 8.63. The number of hydrogen-bond acceptors (Lipinski definition) is 4. The summed E-state index contributed by atoms with van der Waals surface area (Å²) in [6.07, 6.45) is 1.87. The molecule has 5 nitrogen and oxygen atoms in total. The molecule has 0 radical (unpaired) electrons. The molecule has 6 heteroatoms. The number of hydrogen-bond donors (Lipinski definition) is 2. The smallest absolute Gasteiger partial charge is 0.234 e. The van der Waals surface area contributed by atoms with Crippen LogP contribution in [-0.4, -0.2) is 21.4 Å². The summed E-state index contributed by atoms with van der Waals surface area (Å²) in [4.78, 5) is 12.5. The van der Waals surface area contributed by atoms with Crippen LogP contribution in [0.25, 0.3) is 11.1 Å². The van der Waals surface area contributed by atoms with Crippen LogP contribution in [0.3, 0.4) is 0 Å².